The summed E-state index contributed by atoms with van der Waals surface area (Å²) in [6.07, 6.45) is 3.18. The van der Waals surface area contributed by atoms with E-state index < -0.39 is 0 Å². The number of halogens is 1. The molecule has 8 heteroatoms. The highest BCUT2D eigenvalue weighted by Gasteiger charge is 2.09. The molecular weight excluding hydrogens is 372 g/mol. The number of anilines is 1. The van der Waals surface area contributed by atoms with Crippen LogP contribution in [-0.4, -0.2) is 20.9 Å². The standard InChI is InChI=1S/C18H15ClN4O2S/c19-13-4-1-3-12(7-13)11-26-18-22-15(9-17(25)23-18)8-16(24)21-14-5-2-6-20-10-14/h1-7,9-10H,8,11H2,(H,21,24)(H,22,23,25). The topological polar surface area (TPSA) is 87.7 Å². The van der Waals surface area contributed by atoms with Crippen LogP contribution >= 0.6 is 23.4 Å². The number of rotatable bonds is 6. The van der Waals surface area contributed by atoms with Crippen LogP contribution in [0.1, 0.15) is 11.3 Å². The Hall–Kier alpha value is -2.64. The molecule has 0 aliphatic carbocycles. The number of aromatic amines is 1. The second-order valence-electron chi connectivity index (χ2n) is 5.43. The van der Waals surface area contributed by atoms with Crippen molar-refractivity contribution in [3.05, 3.63) is 81.5 Å². The Morgan fingerprint density at radius 3 is 2.88 bits per heavy atom. The van der Waals surface area contributed by atoms with Crippen LogP contribution in [0.2, 0.25) is 5.02 Å². The van der Waals surface area contributed by atoms with Crippen molar-refractivity contribution < 1.29 is 4.79 Å². The molecule has 1 amide bonds. The van der Waals surface area contributed by atoms with Crippen molar-refractivity contribution >= 4 is 35.0 Å². The molecule has 0 saturated heterocycles. The predicted molar refractivity (Wildman–Crippen MR) is 102 cm³/mol. The minimum Gasteiger partial charge on any atom is -0.324 e. The lowest BCUT2D eigenvalue weighted by atomic mass is 10.2. The molecule has 3 rings (SSSR count). The quantitative estimate of drug-likeness (QED) is 0.501. The fourth-order valence-corrected chi connectivity index (χ4v) is 3.28. The first-order chi connectivity index (χ1) is 12.6. The first kappa shape index (κ1) is 18.2. The van der Waals surface area contributed by atoms with Crippen LogP contribution in [0.15, 0.2) is 64.8 Å². The lowest BCUT2D eigenvalue weighted by Crippen LogP contribution is -2.18. The molecule has 0 saturated carbocycles. The number of H-pyrrole nitrogens is 1. The van der Waals surface area contributed by atoms with E-state index in [0.29, 0.717) is 27.3 Å². The normalized spacial score (nSPS) is 10.5. The highest BCUT2D eigenvalue weighted by molar-refractivity contribution is 7.98. The third kappa shape index (κ3) is 5.44. The Kier molecular flexibility index (Phi) is 6.04. The molecule has 0 unspecified atom stereocenters. The van der Waals surface area contributed by atoms with Crippen LogP contribution in [0.5, 0.6) is 0 Å². The molecule has 0 aliphatic rings. The number of thioether (sulfide) groups is 1. The predicted octanol–water partition coefficient (Wildman–Crippen LogP) is 3.29. The number of carbonyl (C=O) groups is 1. The van der Waals surface area contributed by atoms with Crippen molar-refractivity contribution in [2.75, 3.05) is 5.32 Å². The van der Waals surface area contributed by atoms with Crippen LogP contribution in [-0.2, 0) is 17.0 Å². The molecule has 0 atom stereocenters. The SMILES string of the molecule is O=C(Cc1cc(=O)[nH]c(SCc2cccc(Cl)c2)n1)Nc1cccnc1. The summed E-state index contributed by atoms with van der Waals surface area (Å²) in [7, 11) is 0. The van der Waals surface area contributed by atoms with E-state index in [0.717, 1.165) is 5.56 Å². The van der Waals surface area contributed by atoms with Gasteiger partial charge >= 0.3 is 0 Å². The number of hydrogen-bond donors (Lipinski definition) is 2. The molecule has 0 fully saturated rings. The third-order valence-electron chi connectivity index (χ3n) is 3.32. The maximum Gasteiger partial charge on any atom is 0.251 e. The van der Waals surface area contributed by atoms with E-state index in [9.17, 15) is 9.59 Å². The lowest BCUT2D eigenvalue weighted by Gasteiger charge is -2.06. The van der Waals surface area contributed by atoms with Crippen molar-refractivity contribution in [3.63, 3.8) is 0 Å². The maximum atomic E-state index is 12.1. The molecule has 2 N–H and O–H groups in total. The smallest absolute Gasteiger partial charge is 0.251 e. The molecule has 26 heavy (non-hydrogen) atoms. The van der Waals surface area contributed by atoms with Crippen LogP contribution in [0.4, 0.5) is 5.69 Å². The maximum absolute atomic E-state index is 12.1. The third-order valence-corrected chi connectivity index (χ3v) is 4.50. The van der Waals surface area contributed by atoms with Crippen LogP contribution in [0.25, 0.3) is 0 Å². The minimum absolute atomic E-state index is 0.00351. The second-order valence-corrected chi connectivity index (χ2v) is 6.83. The molecule has 2 aromatic heterocycles. The zero-order valence-corrected chi connectivity index (χ0v) is 15.2. The molecule has 132 valence electrons. The van der Waals surface area contributed by atoms with Gasteiger partial charge in [-0.2, -0.15) is 0 Å². The molecule has 6 nitrogen and oxygen atoms in total. The summed E-state index contributed by atoms with van der Waals surface area (Å²) in [5.74, 6) is 0.344. The number of nitrogens with one attached hydrogen (secondary N) is 2. The average Bonchev–Trinajstić information content (AvgIpc) is 2.60. The van der Waals surface area contributed by atoms with Gasteiger partial charge in [0.15, 0.2) is 5.16 Å². The van der Waals surface area contributed by atoms with Gasteiger partial charge in [-0.1, -0.05) is 35.5 Å². The van der Waals surface area contributed by atoms with Gasteiger partial charge in [0.1, 0.15) is 0 Å². The van der Waals surface area contributed by atoms with Crippen molar-refractivity contribution in [2.45, 2.75) is 17.3 Å². The van der Waals surface area contributed by atoms with Gasteiger partial charge in [0.25, 0.3) is 5.56 Å². The number of benzene rings is 1. The summed E-state index contributed by atoms with van der Waals surface area (Å²) >= 11 is 7.34. The summed E-state index contributed by atoms with van der Waals surface area (Å²) < 4.78 is 0. The van der Waals surface area contributed by atoms with Crippen molar-refractivity contribution in [1.29, 1.82) is 0 Å². The first-order valence-electron chi connectivity index (χ1n) is 7.76. The lowest BCUT2D eigenvalue weighted by molar-refractivity contribution is -0.115. The number of hydrogen-bond acceptors (Lipinski definition) is 5. The fraction of sp³-hybridized carbons (Fsp3) is 0.111. The van der Waals surface area contributed by atoms with E-state index in [1.54, 1.807) is 30.6 Å². The van der Waals surface area contributed by atoms with E-state index >= 15 is 0 Å². The highest BCUT2D eigenvalue weighted by atomic mass is 35.5. The Bertz CT molecular complexity index is 963. The van der Waals surface area contributed by atoms with Gasteiger partial charge in [-0.15, -0.1) is 0 Å². The molecule has 0 spiro atoms. The number of nitrogens with zero attached hydrogens (tertiary/aromatic N) is 2. The Morgan fingerprint density at radius 2 is 2.12 bits per heavy atom. The molecular formula is C18H15ClN4O2S. The zero-order chi connectivity index (χ0) is 18.4. The summed E-state index contributed by atoms with van der Waals surface area (Å²) in [6.45, 7) is 0. The van der Waals surface area contributed by atoms with E-state index in [1.807, 2.05) is 18.2 Å². The van der Waals surface area contributed by atoms with Gasteiger partial charge in [0.2, 0.25) is 5.91 Å². The van der Waals surface area contributed by atoms with E-state index in [4.69, 9.17) is 11.6 Å². The number of amides is 1. The summed E-state index contributed by atoms with van der Waals surface area (Å²) in [4.78, 5) is 34.9. The summed E-state index contributed by atoms with van der Waals surface area (Å²) in [5, 5.41) is 3.84. The van der Waals surface area contributed by atoms with Crippen LogP contribution in [0.3, 0.4) is 0 Å². The van der Waals surface area contributed by atoms with Crippen molar-refractivity contribution in [3.8, 4) is 0 Å². The van der Waals surface area contributed by atoms with Crippen molar-refractivity contribution in [1.82, 2.24) is 15.0 Å². The number of aromatic nitrogens is 3. The molecule has 0 aliphatic heterocycles. The Balaban J connectivity index is 1.65. The monoisotopic (exact) mass is 386 g/mol. The summed E-state index contributed by atoms with van der Waals surface area (Å²) in [5.41, 5.74) is 1.73. The van der Waals surface area contributed by atoms with Crippen LogP contribution in [0, 0.1) is 0 Å². The molecule has 0 bridgehead atoms. The molecule has 3 aromatic rings. The zero-order valence-electron chi connectivity index (χ0n) is 13.6. The van der Waals surface area contributed by atoms with Gasteiger partial charge in [-0.25, -0.2) is 4.98 Å². The minimum atomic E-state index is -0.294. The highest BCUT2D eigenvalue weighted by Crippen LogP contribution is 2.20. The first-order valence-corrected chi connectivity index (χ1v) is 9.12. The number of carbonyl (C=O) groups excluding carboxylic acids is 1. The molecule has 2 heterocycles. The van der Waals surface area contributed by atoms with E-state index in [-0.39, 0.29) is 17.9 Å². The van der Waals surface area contributed by atoms with Gasteiger partial charge in [0, 0.05) is 23.0 Å². The van der Waals surface area contributed by atoms with Crippen molar-refractivity contribution in [2.24, 2.45) is 0 Å². The Labute approximate surface area is 159 Å². The van der Waals surface area contributed by atoms with Gasteiger partial charge < -0.3 is 10.3 Å². The van der Waals surface area contributed by atoms with Gasteiger partial charge in [0.05, 0.1) is 24.0 Å². The fourth-order valence-electron chi connectivity index (χ4n) is 2.23. The second kappa shape index (κ2) is 8.64. The van der Waals surface area contributed by atoms with Gasteiger partial charge in [-0.05, 0) is 29.8 Å². The number of pyridine rings is 1. The van der Waals surface area contributed by atoms with Crippen LogP contribution < -0.4 is 10.9 Å². The van der Waals surface area contributed by atoms with Gasteiger partial charge in [-0.3, -0.25) is 14.6 Å². The van der Waals surface area contributed by atoms with E-state index in [2.05, 4.69) is 20.3 Å². The largest absolute Gasteiger partial charge is 0.324 e. The Morgan fingerprint density at radius 1 is 1.23 bits per heavy atom. The molecule has 1 aromatic carbocycles. The average molecular weight is 387 g/mol. The summed E-state index contributed by atoms with van der Waals surface area (Å²) in [6, 6.07) is 12.3. The van der Waals surface area contributed by atoms with E-state index in [1.165, 1.54) is 17.8 Å². The molecule has 0 radical (unpaired) electrons.